The number of anilines is 1. The molecular formula is C49H85N3O17P2. The normalized spacial score (nSPS) is 20.8. The second-order valence-corrected chi connectivity index (χ2v) is 21.3. The van der Waals surface area contributed by atoms with Crippen molar-refractivity contribution < 1.29 is 76.5 Å². The van der Waals surface area contributed by atoms with Gasteiger partial charge in [-0.2, -0.15) is 9.29 Å². The quantitative estimate of drug-likeness (QED) is 0.0141. The van der Waals surface area contributed by atoms with Gasteiger partial charge < -0.3 is 50.2 Å². The number of rotatable bonds is 41. The molecule has 20 nitrogen and oxygen atoms in total. The van der Waals surface area contributed by atoms with E-state index in [1.807, 2.05) is 12.2 Å². The number of carbonyl (C=O) groups excluding carboxylic acids is 2. The summed E-state index contributed by atoms with van der Waals surface area (Å²) >= 11 is 0. The van der Waals surface area contributed by atoms with Gasteiger partial charge in [-0.15, -0.1) is 0 Å². The lowest BCUT2D eigenvalue weighted by molar-refractivity contribution is -0.161. The summed E-state index contributed by atoms with van der Waals surface area (Å²) < 4.78 is 56.5. The first-order valence-electron chi connectivity index (χ1n) is 25.6. The third-order valence-corrected chi connectivity index (χ3v) is 14.6. The van der Waals surface area contributed by atoms with Crippen LogP contribution in [-0.4, -0.2) is 108 Å². The van der Waals surface area contributed by atoms with E-state index in [9.17, 15) is 53.7 Å². The van der Waals surface area contributed by atoms with Gasteiger partial charge in [-0.05, 0) is 63.4 Å². The fourth-order valence-electron chi connectivity index (χ4n) is 7.45. The molecule has 22 heteroatoms. The fraction of sp³-hybridized carbons (Fsp3) is 0.755. The first-order valence-corrected chi connectivity index (χ1v) is 28.6. The summed E-state index contributed by atoms with van der Waals surface area (Å²) in [5, 5.41) is 41.8. The Hall–Kier alpha value is -3.10. The Labute approximate surface area is 420 Å². The molecular weight excluding hydrogens is 964 g/mol. The number of unbranched alkanes of at least 4 members (excludes halogenated alkanes) is 12. The molecule has 1 aromatic rings. The van der Waals surface area contributed by atoms with Crippen LogP contribution in [0.1, 0.15) is 175 Å². The first-order chi connectivity index (χ1) is 33.9. The maximum absolute atomic E-state index is 12.9. The molecule has 1 aliphatic heterocycles. The van der Waals surface area contributed by atoms with E-state index in [0.29, 0.717) is 12.8 Å². The van der Waals surface area contributed by atoms with Crippen LogP contribution in [-0.2, 0) is 46.3 Å². The molecule has 0 saturated carbocycles. The number of nitrogens with zero attached hydrogens (tertiary/aromatic N) is 2. The van der Waals surface area contributed by atoms with Crippen LogP contribution in [0.15, 0.2) is 53.5 Å². The van der Waals surface area contributed by atoms with Crippen molar-refractivity contribution in [2.45, 2.75) is 211 Å². The molecule has 0 radical (unpaired) electrons. The minimum Gasteiger partial charge on any atom is -0.462 e. The number of phosphoric acid groups is 2. The number of aliphatic hydroxyl groups is 4. The zero-order chi connectivity index (χ0) is 52.5. The highest BCUT2D eigenvalue weighted by Gasteiger charge is 2.46. The van der Waals surface area contributed by atoms with E-state index in [2.05, 4.69) is 48.3 Å². The standard InChI is InChI=1S/C49H85N3O17P2/c1-4-6-7-8-9-10-11-12-16-19-22-25-29-40(53)41(54)30-27-32-45(56)67-39(35-64-44(55)31-26-23-20-17-14-13-15-18-21-24-28-38(3)5-2)36-65-70(60,61)69-71(62,63)66-37-42-46(57)47(58)48(68-42)52-34-33-43(50)51-49(52)59/h9-10,12,16,22,25,33-34,38-42,46-48,53-54,57-58H,4-8,11,13-15,17-21,23-24,26-32,35-37H2,1-3H3,(H,60,61)(H,62,63)(H2,50,51,59)/b10-9-,16-12-,25-22-/t38?,39-,40?,41?,42-,46-,47-,48-/m1/s1. The highest BCUT2D eigenvalue weighted by atomic mass is 31.3. The molecule has 2 heterocycles. The van der Waals surface area contributed by atoms with E-state index in [1.165, 1.54) is 70.3 Å². The Bertz CT molecular complexity index is 1880. The molecule has 0 aromatic carbocycles. The molecule has 1 aliphatic rings. The number of hydrogen-bond donors (Lipinski definition) is 7. The van der Waals surface area contributed by atoms with Crippen LogP contribution in [0.5, 0.6) is 0 Å². The Morgan fingerprint density at radius 2 is 1.38 bits per heavy atom. The highest BCUT2D eigenvalue weighted by Crippen LogP contribution is 2.60. The topological polar surface area (TPSA) is 306 Å². The van der Waals surface area contributed by atoms with Gasteiger partial charge in [-0.3, -0.25) is 23.2 Å². The predicted octanol–water partition coefficient (Wildman–Crippen LogP) is 8.19. The van der Waals surface area contributed by atoms with Gasteiger partial charge in [0, 0.05) is 19.0 Å². The lowest BCUT2D eigenvalue weighted by Crippen LogP contribution is -2.36. The molecule has 1 saturated heterocycles. The maximum Gasteiger partial charge on any atom is 0.481 e. The molecule has 2 rings (SSSR count). The molecule has 5 unspecified atom stereocenters. The van der Waals surface area contributed by atoms with Gasteiger partial charge in [0.2, 0.25) is 0 Å². The second kappa shape index (κ2) is 36.8. The Balaban J connectivity index is 1.88. The third-order valence-electron chi connectivity index (χ3n) is 12.0. The number of nitrogens with two attached hydrogens (primary N) is 1. The van der Waals surface area contributed by atoms with Crippen molar-refractivity contribution in [2.24, 2.45) is 5.92 Å². The lowest BCUT2D eigenvalue weighted by Gasteiger charge is -2.22. The van der Waals surface area contributed by atoms with Crippen LogP contribution < -0.4 is 11.4 Å². The molecule has 1 fully saturated rings. The van der Waals surface area contributed by atoms with Gasteiger partial charge in [0.05, 0.1) is 25.4 Å². The average molecular weight is 1050 g/mol. The number of esters is 2. The Kier molecular flexibility index (Phi) is 33.1. The van der Waals surface area contributed by atoms with Gasteiger partial charge in [0.15, 0.2) is 12.3 Å². The van der Waals surface area contributed by atoms with Crippen molar-refractivity contribution in [3.8, 4) is 0 Å². The third kappa shape index (κ3) is 29.4. The van der Waals surface area contributed by atoms with E-state index in [-0.39, 0.29) is 37.9 Å². The molecule has 10 atom stereocenters. The van der Waals surface area contributed by atoms with Crippen molar-refractivity contribution in [3.63, 3.8) is 0 Å². The van der Waals surface area contributed by atoms with E-state index >= 15 is 0 Å². The van der Waals surface area contributed by atoms with Gasteiger partial charge in [0.25, 0.3) is 0 Å². The molecule has 408 valence electrons. The largest absolute Gasteiger partial charge is 0.481 e. The fourth-order valence-corrected chi connectivity index (χ4v) is 9.56. The molecule has 0 aliphatic carbocycles. The first kappa shape index (κ1) is 64.0. The number of ether oxygens (including phenoxy) is 3. The minimum atomic E-state index is -5.50. The van der Waals surface area contributed by atoms with Gasteiger partial charge >= 0.3 is 33.3 Å². The summed E-state index contributed by atoms with van der Waals surface area (Å²) in [5.41, 5.74) is 4.56. The average Bonchev–Trinajstić information content (AvgIpc) is 3.60. The predicted molar refractivity (Wildman–Crippen MR) is 268 cm³/mol. The molecule has 0 spiro atoms. The summed E-state index contributed by atoms with van der Waals surface area (Å²) in [6.07, 6.45) is 22.5. The molecule has 8 N–H and O–H groups in total. The number of phosphoric ester groups is 2. The summed E-state index contributed by atoms with van der Waals surface area (Å²) in [6.45, 7) is 4.15. The van der Waals surface area contributed by atoms with Crippen LogP contribution in [0.3, 0.4) is 0 Å². The summed E-state index contributed by atoms with van der Waals surface area (Å²) in [4.78, 5) is 61.9. The van der Waals surface area contributed by atoms with Gasteiger partial charge in [0.1, 0.15) is 30.7 Å². The number of nitrogen functional groups attached to an aromatic ring is 1. The van der Waals surface area contributed by atoms with E-state index in [4.69, 9.17) is 29.0 Å². The van der Waals surface area contributed by atoms with Crippen LogP contribution in [0, 0.1) is 5.92 Å². The van der Waals surface area contributed by atoms with Gasteiger partial charge in [-0.1, -0.05) is 141 Å². The molecule has 1 aromatic heterocycles. The Morgan fingerprint density at radius 3 is 2.03 bits per heavy atom. The van der Waals surface area contributed by atoms with E-state index in [0.717, 1.165) is 55.2 Å². The monoisotopic (exact) mass is 1050 g/mol. The molecule has 0 bridgehead atoms. The van der Waals surface area contributed by atoms with Crippen molar-refractivity contribution in [1.82, 2.24) is 9.55 Å². The lowest BCUT2D eigenvalue weighted by atomic mass is 9.99. The van der Waals surface area contributed by atoms with Crippen LogP contribution >= 0.6 is 15.6 Å². The molecule has 71 heavy (non-hydrogen) atoms. The Morgan fingerprint density at radius 1 is 0.775 bits per heavy atom. The van der Waals surface area contributed by atoms with Crippen molar-refractivity contribution in [3.05, 3.63) is 59.2 Å². The smallest absolute Gasteiger partial charge is 0.462 e. The number of allylic oxidation sites excluding steroid dienone is 5. The summed E-state index contributed by atoms with van der Waals surface area (Å²) in [6, 6.07) is 1.23. The van der Waals surface area contributed by atoms with Crippen molar-refractivity contribution in [2.75, 3.05) is 25.6 Å². The summed E-state index contributed by atoms with van der Waals surface area (Å²) in [5.74, 6) is -0.806. The van der Waals surface area contributed by atoms with Crippen LogP contribution in [0.2, 0.25) is 0 Å². The van der Waals surface area contributed by atoms with Crippen LogP contribution in [0.4, 0.5) is 5.82 Å². The molecule has 0 amide bonds. The second-order valence-electron chi connectivity index (χ2n) is 18.2. The minimum absolute atomic E-state index is 0.0361. The zero-order valence-corrected chi connectivity index (χ0v) is 44.0. The van der Waals surface area contributed by atoms with E-state index < -0.39 is 95.9 Å². The van der Waals surface area contributed by atoms with Gasteiger partial charge in [-0.25, -0.2) is 13.9 Å². The highest BCUT2D eigenvalue weighted by molar-refractivity contribution is 7.61. The summed E-state index contributed by atoms with van der Waals surface area (Å²) in [7, 11) is -11.0. The zero-order valence-electron chi connectivity index (χ0n) is 42.2. The number of carbonyl (C=O) groups is 2. The van der Waals surface area contributed by atoms with Crippen molar-refractivity contribution in [1.29, 1.82) is 0 Å². The van der Waals surface area contributed by atoms with Crippen molar-refractivity contribution >= 4 is 33.4 Å². The number of aromatic nitrogens is 2. The SMILES string of the molecule is CCCCC/C=C\C/C=C\C/C=C\CC(O)C(O)CCCC(=O)O[C@H](COC(=O)CCCCCCCCCCCCC(C)CC)COP(=O)(O)OP(=O)(O)OC[C@H]1O[C@@H](n2ccc(N)nc2=O)[C@H](O)[C@@H]1O. The number of aliphatic hydroxyl groups excluding tert-OH is 4. The number of hydrogen-bond acceptors (Lipinski definition) is 17. The maximum atomic E-state index is 12.9. The van der Waals surface area contributed by atoms with Crippen LogP contribution in [0.25, 0.3) is 0 Å². The van der Waals surface area contributed by atoms with E-state index in [1.54, 1.807) is 6.08 Å².